The first kappa shape index (κ1) is 34.5. The van der Waals surface area contributed by atoms with Crippen LogP contribution in [0.15, 0.2) is 231 Å². The molecule has 0 saturated carbocycles. The van der Waals surface area contributed by atoms with E-state index in [2.05, 4.69) is 229 Å². The second-order valence-corrected chi connectivity index (χ2v) is 15.5. The van der Waals surface area contributed by atoms with Crippen LogP contribution in [0.3, 0.4) is 0 Å². The van der Waals surface area contributed by atoms with Crippen molar-refractivity contribution < 1.29 is 0 Å². The van der Waals surface area contributed by atoms with Crippen molar-refractivity contribution >= 4 is 17.1 Å². The molecule has 2 heteroatoms. The topological polar surface area (TPSA) is 27.0 Å². The summed E-state index contributed by atoms with van der Waals surface area (Å²) in [6.45, 7) is 0. The van der Waals surface area contributed by atoms with Crippen molar-refractivity contribution in [2.45, 2.75) is 10.8 Å². The predicted molar refractivity (Wildman–Crippen MR) is 240 cm³/mol. The van der Waals surface area contributed by atoms with E-state index in [0.29, 0.717) is 5.56 Å². The van der Waals surface area contributed by atoms with Crippen LogP contribution in [-0.2, 0) is 10.8 Å². The smallest absolute Gasteiger partial charge is 0.0991 e. The highest BCUT2D eigenvalue weighted by atomic mass is 15.1. The first-order valence-electron chi connectivity index (χ1n) is 20.2. The van der Waals surface area contributed by atoms with Crippen molar-refractivity contribution in [3.8, 4) is 28.3 Å². The molecule has 0 fully saturated rings. The molecule has 0 aliphatic heterocycles. The van der Waals surface area contributed by atoms with Gasteiger partial charge >= 0.3 is 0 Å². The fourth-order valence-corrected chi connectivity index (χ4v) is 10.3. The standard InChI is InChI=1S/C57H38N2/c58-39-40-32-34-45(35-33-40)59(46-36-37-48-47-26-13-15-28-50(47)57(53(48)38-46,43-22-9-3-10-23-43)44-24-11-4-12-25-44)54-31-17-30-52-55(54)49-27-14-16-29-51(49)56(52,41-18-5-1-6-19-41)42-20-7-2-8-21-42/h1-38H. The summed E-state index contributed by atoms with van der Waals surface area (Å²) in [6.07, 6.45) is 0. The molecule has 0 bridgehead atoms. The molecule has 9 aromatic carbocycles. The molecule has 276 valence electrons. The second-order valence-electron chi connectivity index (χ2n) is 15.5. The van der Waals surface area contributed by atoms with Gasteiger partial charge in [-0.2, -0.15) is 5.26 Å². The highest BCUT2D eigenvalue weighted by Gasteiger charge is 2.48. The Morgan fingerprint density at radius 2 is 0.763 bits per heavy atom. The third kappa shape index (κ3) is 4.99. The highest BCUT2D eigenvalue weighted by molar-refractivity contribution is 5.98. The van der Waals surface area contributed by atoms with Crippen molar-refractivity contribution in [2.75, 3.05) is 4.90 Å². The van der Waals surface area contributed by atoms with Gasteiger partial charge in [0.15, 0.2) is 0 Å². The van der Waals surface area contributed by atoms with Crippen LogP contribution in [0.4, 0.5) is 17.1 Å². The van der Waals surface area contributed by atoms with E-state index in [1.54, 1.807) is 0 Å². The van der Waals surface area contributed by atoms with Crippen molar-refractivity contribution in [3.05, 3.63) is 281 Å². The lowest BCUT2D eigenvalue weighted by molar-refractivity contribution is 0.768. The van der Waals surface area contributed by atoms with Gasteiger partial charge in [-0.3, -0.25) is 0 Å². The Kier molecular flexibility index (Phi) is 8.03. The van der Waals surface area contributed by atoms with Gasteiger partial charge in [0.05, 0.1) is 28.2 Å². The van der Waals surface area contributed by atoms with Crippen LogP contribution in [0, 0.1) is 11.3 Å². The van der Waals surface area contributed by atoms with E-state index in [4.69, 9.17) is 0 Å². The second kappa shape index (κ2) is 13.7. The molecule has 0 spiro atoms. The quantitative estimate of drug-likeness (QED) is 0.162. The number of hydrogen-bond donors (Lipinski definition) is 0. The van der Waals surface area contributed by atoms with Crippen molar-refractivity contribution in [3.63, 3.8) is 0 Å². The zero-order valence-corrected chi connectivity index (χ0v) is 32.3. The molecule has 0 amide bonds. The van der Waals surface area contributed by atoms with Gasteiger partial charge in [0.25, 0.3) is 0 Å². The van der Waals surface area contributed by atoms with Gasteiger partial charge < -0.3 is 4.90 Å². The number of hydrogen-bond acceptors (Lipinski definition) is 2. The Morgan fingerprint density at radius 1 is 0.339 bits per heavy atom. The van der Waals surface area contributed by atoms with Crippen molar-refractivity contribution in [2.24, 2.45) is 0 Å². The van der Waals surface area contributed by atoms with Gasteiger partial charge in [-0.05, 0) is 104 Å². The zero-order chi connectivity index (χ0) is 39.4. The van der Waals surface area contributed by atoms with Crippen LogP contribution in [-0.4, -0.2) is 0 Å². The highest BCUT2D eigenvalue weighted by Crippen LogP contribution is 2.61. The summed E-state index contributed by atoms with van der Waals surface area (Å²) >= 11 is 0. The monoisotopic (exact) mass is 750 g/mol. The van der Waals surface area contributed by atoms with Crippen LogP contribution in [0.25, 0.3) is 22.3 Å². The van der Waals surface area contributed by atoms with Crippen molar-refractivity contribution in [1.29, 1.82) is 5.26 Å². The lowest BCUT2D eigenvalue weighted by Crippen LogP contribution is -2.29. The molecular weight excluding hydrogens is 713 g/mol. The number of benzene rings is 9. The average Bonchev–Trinajstić information content (AvgIpc) is 3.79. The van der Waals surface area contributed by atoms with Gasteiger partial charge in [-0.15, -0.1) is 0 Å². The minimum Gasteiger partial charge on any atom is -0.310 e. The van der Waals surface area contributed by atoms with Crippen LogP contribution in [0.5, 0.6) is 0 Å². The Hall–Kier alpha value is -7.73. The number of fused-ring (bicyclic) bond motifs is 6. The van der Waals surface area contributed by atoms with Gasteiger partial charge in [0, 0.05) is 16.9 Å². The van der Waals surface area contributed by atoms with E-state index in [0.717, 1.165) is 17.1 Å². The molecule has 11 rings (SSSR count). The predicted octanol–water partition coefficient (Wildman–Crippen LogP) is 13.8. The van der Waals surface area contributed by atoms with Crippen LogP contribution in [0.2, 0.25) is 0 Å². The van der Waals surface area contributed by atoms with Crippen molar-refractivity contribution in [1.82, 2.24) is 0 Å². The number of nitrogens with zero attached hydrogens (tertiary/aromatic N) is 2. The van der Waals surface area contributed by atoms with Crippen LogP contribution in [0.1, 0.15) is 50.1 Å². The first-order chi connectivity index (χ1) is 29.2. The summed E-state index contributed by atoms with van der Waals surface area (Å²) in [4.78, 5) is 2.41. The summed E-state index contributed by atoms with van der Waals surface area (Å²) in [7, 11) is 0. The Balaban J connectivity index is 1.23. The van der Waals surface area contributed by atoms with E-state index in [1.807, 2.05) is 12.1 Å². The summed E-state index contributed by atoms with van der Waals surface area (Å²) < 4.78 is 0. The van der Waals surface area contributed by atoms with Crippen LogP contribution < -0.4 is 4.90 Å². The Bertz CT molecular complexity index is 2960. The third-order valence-electron chi connectivity index (χ3n) is 12.7. The van der Waals surface area contributed by atoms with Gasteiger partial charge in [0.1, 0.15) is 0 Å². The van der Waals surface area contributed by atoms with E-state index < -0.39 is 10.8 Å². The van der Waals surface area contributed by atoms with E-state index in [9.17, 15) is 5.26 Å². The summed E-state index contributed by atoms with van der Waals surface area (Å²) in [6, 6.07) is 85.9. The fraction of sp³-hybridized carbons (Fsp3) is 0.0351. The van der Waals surface area contributed by atoms with E-state index >= 15 is 0 Å². The number of rotatable bonds is 7. The van der Waals surface area contributed by atoms with Gasteiger partial charge in [-0.1, -0.05) is 188 Å². The molecule has 0 heterocycles. The molecule has 0 radical (unpaired) electrons. The van der Waals surface area contributed by atoms with Crippen LogP contribution >= 0.6 is 0 Å². The molecule has 0 aromatic heterocycles. The molecule has 9 aromatic rings. The largest absolute Gasteiger partial charge is 0.310 e. The SMILES string of the molecule is N#Cc1ccc(N(c2ccc3c(c2)C(c2ccccc2)(c2ccccc2)c2ccccc2-3)c2cccc3c2-c2ccccc2C3(c2ccccc2)c2ccccc2)cc1. The fourth-order valence-electron chi connectivity index (χ4n) is 10.3. The lowest BCUT2D eigenvalue weighted by atomic mass is 9.67. The molecule has 59 heavy (non-hydrogen) atoms. The molecular formula is C57H38N2. The average molecular weight is 751 g/mol. The molecule has 2 aliphatic carbocycles. The summed E-state index contributed by atoms with van der Waals surface area (Å²) in [5, 5.41) is 9.91. The lowest BCUT2D eigenvalue weighted by Gasteiger charge is -2.35. The summed E-state index contributed by atoms with van der Waals surface area (Å²) in [5.74, 6) is 0. The minimum atomic E-state index is -0.554. The van der Waals surface area contributed by atoms with Gasteiger partial charge in [-0.25, -0.2) is 0 Å². The maximum Gasteiger partial charge on any atom is 0.0991 e. The Labute approximate surface area is 345 Å². The molecule has 2 nitrogen and oxygen atoms in total. The van der Waals surface area contributed by atoms with E-state index in [1.165, 1.54) is 66.8 Å². The maximum absolute atomic E-state index is 9.91. The van der Waals surface area contributed by atoms with E-state index in [-0.39, 0.29) is 0 Å². The third-order valence-corrected chi connectivity index (χ3v) is 12.7. The molecule has 2 aliphatic rings. The molecule has 0 N–H and O–H groups in total. The zero-order valence-electron chi connectivity index (χ0n) is 32.3. The molecule has 0 unspecified atom stereocenters. The minimum absolute atomic E-state index is 0.545. The summed E-state index contributed by atoms with van der Waals surface area (Å²) in [5.41, 5.74) is 17.4. The molecule has 0 saturated heterocycles. The normalized spacial score (nSPS) is 13.7. The Morgan fingerprint density at radius 3 is 1.31 bits per heavy atom. The number of nitriles is 1. The molecule has 0 atom stereocenters. The maximum atomic E-state index is 9.91. The van der Waals surface area contributed by atoms with Gasteiger partial charge in [0.2, 0.25) is 0 Å². The first-order valence-corrected chi connectivity index (χ1v) is 20.2. The number of anilines is 3.